The van der Waals surface area contributed by atoms with Gasteiger partial charge in [-0.15, -0.1) is 0 Å². The number of hydrogen-bond donors (Lipinski definition) is 0. The zero-order valence-electron chi connectivity index (χ0n) is 5.43. The van der Waals surface area contributed by atoms with Crippen molar-refractivity contribution in [1.29, 1.82) is 0 Å². The van der Waals surface area contributed by atoms with Gasteiger partial charge in [0.2, 0.25) is 0 Å². The van der Waals surface area contributed by atoms with E-state index in [0.717, 1.165) is 5.92 Å². The van der Waals surface area contributed by atoms with Gasteiger partial charge in [0.05, 0.1) is 0 Å². The highest BCUT2D eigenvalue weighted by atomic mass is 14.1. The molecule has 0 bridgehead atoms. The Morgan fingerprint density at radius 3 is 2.88 bits per heavy atom. The second-order valence-electron chi connectivity index (χ2n) is 2.36. The van der Waals surface area contributed by atoms with E-state index in [1.54, 1.807) is 0 Å². The van der Waals surface area contributed by atoms with Crippen LogP contribution >= 0.6 is 0 Å². The number of rotatable bonds is 1. The third-order valence-electron chi connectivity index (χ3n) is 1.70. The van der Waals surface area contributed by atoms with E-state index in [9.17, 15) is 0 Å². The standard InChI is InChI=1S/C8H13/c1-2-8-6-4-3-5-7-8/h4-6,8H,2-3,7H2,1H3. The molecule has 45 valence electrons. The summed E-state index contributed by atoms with van der Waals surface area (Å²) in [6, 6.07) is 0. The second kappa shape index (κ2) is 2.91. The van der Waals surface area contributed by atoms with E-state index in [2.05, 4.69) is 25.5 Å². The Labute approximate surface area is 51.6 Å². The summed E-state index contributed by atoms with van der Waals surface area (Å²) in [5.41, 5.74) is 0. The van der Waals surface area contributed by atoms with Gasteiger partial charge in [-0.05, 0) is 31.6 Å². The first-order chi connectivity index (χ1) is 3.93. The first-order valence-electron chi connectivity index (χ1n) is 3.42. The van der Waals surface area contributed by atoms with Crippen molar-refractivity contribution in [3.8, 4) is 0 Å². The predicted octanol–water partition coefficient (Wildman–Crippen LogP) is 2.57. The maximum atomic E-state index is 2.36. The fourth-order valence-electron chi connectivity index (χ4n) is 1.06. The Morgan fingerprint density at radius 2 is 2.50 bits per heavy atom. The Balaban J connectivity index is 2.32. The van der Waals surface area contributed by atoms with Gasteiger partial charge in [0.15, 0.2) is 0 Å². The van der Waals surface area contributed by atoms with Gasteiger partial charge in [0.25, 0.3) is 0 Å². The molecule has 0 N–H and O–H groups in total. The third kappa shape index (κ3) is 1.36. The minimum absolute atomic E-state index is 0.851. The molecule has 0 saturated carbocycles. The van der Waals surface area contributed by atoms with Gasteiger partial charge in [0, 0.05) is 0 Å². The lowest BCUT2D eigenvalue weighted by Gasteiger charge is -2.12. The molecule has 0 aromatic heterocycles. The van der Waals surface area contributed by atoms with Gasteiger partial charge in [-0.25, -0.2) is 0 Å². The SMILES string of the molecule is CCC1C=CC[CH]C1. The fourth-order valence-corrected chi connectivity index (χ4v) is 1.06. The number of allylic oxidation sites excluding steroid dienone is 2. The minimum Gasteiger partial charge on any atom is -0.0880 e. The maximum Gasteiger partial charge on any atom is -0.0233 e. The molecule has 0 aromatic carbocycles. The van der Waals surface area contributed by atoms with Crippen LogP contribution < -0.4 is 0 Å². The van der Waals surface area contributed by atoms with E-state index in [4.69, 9.17) is 0 Å². The first kappa shape index (κ1) is 5.87. The van der Waals surface area contributed by atoms with Crippen molar-refractivity contribution in [3.63, 3.8) is 0 Å². The van der Waals surface area contributed by atoms with Gasteiger partial charge in [-0.3, -0.25) is 0 Å². The second-order valence-corrected chi connectivity index (χ2v) is 2.36. The fraction of sp³-hybridized carbons (Fsp3) is 0.625. The molecular weight excluding hydrogens is 96.1 g/mol. The highest BCUT2D eigenvalue weighted by Crippen LogP contribution is 2.18. The summed E-state index contributed by atoms with van der Waals surface area (Å²) >= 11 is 0. The zero-order valence-corrected chi connectivity index (χ0v) is 5.43. The molecule has 1 aliphatic rings. The quantitative estimate of drug-likeness (QED) is 0.454. The van der Waals surface area contributed by atoms with Crippen molar-refractivity contribution in [2.24, 2.45) is 5.92 Å². The van der Waals surface area contributed by atoms with E-state index in [0.29, 0.717) is 0 Å². The largest absolute Gasteiger partial charge is 0.0880 e. The predicted molar refractivity (Wildman–Crippen MR) is 36.5 cm³/mol. The summed E-state index contributed by atoms with van der Waals surface area (Å²) in [6.07, 6.45) is 10.7. The smallest absolute Gasteiger partial charge is 0.0233 e. The van der Waals surface area contributed by atoms with Crippen LogP contribution in [0.5, 0.6) is 0 Å². The molecule has 0 heterocycles. The molecule has 1 rings (SSSR count). The molecule has 0 heteroatoms. The van der Waals surface area contributed by atoms with Crippen LogP contribution in [-0.4, -0.2) is 0 Å². The van der Waals surface area contributed by atoms with Crippen molar-refractivity contribution >= 4 is 0 Å². The topological polar surface area (TPSA) is 0 Å². The minimum atomic E-state index is 0.851. The van der Waals surface area contributed by atoms with E-state index < -0.39 is 0 Å². The van der Waals surface area contributed by atoms with Crippen molar-refractivity contribution in [3.05, 3.63) is 18.6 Å². The van der Waals surface area contributed by atoms with Gasteiger partial charge in [0.1, 0.15) is 0 Å². The highest BCUT2D eigenvalue weighted by Gasteiger charge is 2.03. The van der Waals surface area contributed by atoms with Crippen LogP contribution in [0.15, 0.2) is 12.2 Å². The molecule has 0 saturated heterocycles. The normalized spacial score (nSPS) is 28.4. The summed E-state index contributed by atoms with van der Waals surface area (Å²) in [4.78, 5) is 0. The molecule has 1 atom stereocenters. The highest BCUT2D eigenvalue weighted by molar-refractivity contribution is 4.98. The van der Waals surface area contributed by atoms with Crippen LogP contribution in [0.3, 0.4) is 0 Å². The Kier molecular flexibility index (Phi) is 2.13. The maximum absolute atomic E-state index is 2.36. The van der Waals surface area contributed by atoms with E-state index in [1.807, 2.05) is 0 Å². The van der Waals surface area contributed by atoms with Crippen LogP contribution in [0.1, 0.15) is 26.2 Å². The summed E-state index contributed by atoms with van der Waals surface area (Å²) in [5, 5.41) is 0. The lowest BCUT2D eigenvalue weighted by atomic mass is 9.94. The van der Waals surface area contributed by atoms with Crippen molar-refractivity contribution < 1.29 is 0 Å². The molecule has 1 unspecified atom stereocenters. The number of hydrogen-bond acceptors (Lipinski definition) is 0. The third-order valence-corrected chi connectivity index (χ3v) is 1.70. The molecule has 0 aromatic rings. The first-order valence-corrected chi connectivity index (χ1v) is 3.42. The van der Waals surface area contributed by atoms with Gasteiger partial charge in [-0.1, -0.05) is 19.1 Å². The van der Waals surface area contributed by atoms with Crippen molar-refractivity contribution in [2.45, 2.75) is 26.2 Å². The van der Waals surface area contributed by atoms with E-state index in [1.165, 1.54) is 19.3 Å². The summed E-state index contributed by atoms with van der Waals surface area (Å²) in [6.45, 7) is 2.24. The van der Waals surface area contributed by atoms with E-state index in [-0.39, 0.29) is 0 Å². The van der Waals surface area contributed by atoms with Crippen molar-refractivity contribution in [1.82, 2.24) is 0 Å². The average molecular weight is 109 g/mol. The average Bonchev–Trinajstić information content (AvgIpc) is 1.90. The van der Waals surface area contributed by atoms with Crippen molar-refractivity contribution in [2.75, 3.05) is 0 Å². The molecule has 0 amide bonds. The monoisotopic (exact) mass is 109 g/mol. The summed E-state index contributed by atoms with van der Waals surface area (Å²) in [5.74, 6) is 0.851. The molecule has 0 spiro atoms. The van der Waals surface area contributed by atoms with Gasteiger partial charge in [-0.2, -0.15) is 0 Å². The van der Waals surface area contributed by atoms with E-state index >= 15 is 0 Å². The van der Waals surface area contributed by atoms with Gasteiger partial charge >= 0.3 is 0 Å². The van der Waals surface area contributed by atoms with Crippen LogP contribution in [0, 0.1) is 12.3 Å². The lowest BCUT2D eigenvalue weighted by molar-refractivity contribution is 0.593. The Hall–Kier alpha value is -0.260. The molecule has 1 radical (unpaired) electrons. The molecule has 0 fully saturated rings. The molecule has 0 nitrogen and oxygen atoms in total. The molecular formula is C8H13. The lowest BCUT2D eigenvalue weighted by Crippen LogP contribution is -1.98. The Morgan fingerprint density at radius 1 is 1.62 bits per heavy atom. The van der Waals surface area contributed by atoms with Crippen LogP contribution in [0.2, 0.25) is 0 Å². The van der Waals surface area contributed by atoms with Gasteiger partial charge < -0.3 is 0 Å². The Bertz CT molecular complexity index is 82.0. The summed E-state index contributed by atoms with van der Waals surface area (Å²) in [7, 11) is 0. The van der Waals surface area contributed by atoms with Crippen LogP contribution in [0.25, 0.3) is 0 Å². The molecule has 1 aliphatic carbocycles. The van der Waals surface area contributed by atoms with Crippen LogP contribution in [-0.2, 0) is 0 Å². The molecule has 8 heavy (non-hydrogen) atoms. The molecule has 0 aliphatic heterocycles. The summed E-state index contributed by atoms with van der Waals surface area (Å²) < 4.78 is 0. The van der Waals surface area contributed by atoms with Crippen LogP contribution in [0.4, 0.5) is 0 Å². The zero-order chi connectivity index (χ0) is 5.82.